The number of halogens is 3. The van der Waals surface area contributed by atoms with Gasteiger partial charge in [0.25, 0.3) is 0 Å². The maximum absolute atomic E-state index is 13.9. The Kier molecular flexibility index (Phi) is 6.82. The molecule has 1 saturated heterocycles. The van der Waals surface area contributed by atoms with E-state index >= 15 is 0 Å². The Morgan fingerprint density at radius 3 is 2.72 bits per heavy atom. The van der Waals surface area contributed by atoms with Gasteiger partial charge in [-0.3, -0.25) is 9.69 Å². The number of ether oxygens (including phenoxy) is 1. The lowest BCUT2D eigenvalue weighted by molar-refractivity contribution is -0.147. The van der Waals surface area contributed by atoms with Gasteiger partial charge in [0, 0.05) is 30.7 Å². The molecule has 0 amide bonds. The first-order chi connectivity index (χ1) is 15.3. The van der Waals surface area contributed by atoms with E-state index in [4.69, 9.17) is 21.4 Å². The molecule has 1 aliphatic carbocycles. The van der Waals surface area contributed by atoms with Gasteiger partial charge in [-0.2, -0.15) is 0 Å². The highest BCUT2D eigenvalue weighted by atomic mass is 35.5. The minimum atomic E-state index is -0.736. The quantitative estimate of drug-likeness (QED) is 0.591. The predicted octanol–water partition coefficient (Wildman–Crippen LogP) is 5.13. The molecule has 1 atom stereocenters. The van der Waals surface area contributed by atoms with Crippen LogP contribution in [0.5, 0.6) is 5.75 Å². The largest absolute Gasteiger partial charge is 0.493 e. The van der Waals surface area contributed by atoms with E-state index in [1.165, 1.54) is 12.1 Å². The van der Waals surface area contributed by atoms with Crippen LogP contribution in [0.3, 0.4) is 0 Å². The number of carbonyl (C=O) groups is 1. The lowest BCUT2D eigenvalue weighted by Gasteiger charge is -2.38. The molecule has 7 heteroatoms. The number of carboxylic acid groups (broad SMARTS) is 1. The molecule has 1 N–H and O–H groups in total. The van der Waals surface area contributed by atoms with Crippen LogP contribution in [0.25, 0.3) is 5.03 Å². The van der Waals surface area contributed by atoms with E-state index in [2.05, 4.69) is 4.90 Å². The Bertz CT molecular complexity index is 1050. The number of carboxylic acids is 1. The molecule has 0 aromatic heterocycles. The third-order valence-electron chi connectivity index (χ3n) is 6.16. The molecule has 2 aliphatic rings. The smallest absolute Gasteiger partial charge is 0.309 e. The minimum absolute atomic E-state index is 0.0623. The molecular formula is C25H26ClF2NO3. The zero-order chi connectivity index (χ0) is 22.8. The van der Waals surface area contributed by atoms with Crippen molar-refractivity contribution in [2.24, 2.45) is 11.8 Å². The maximum Gasteiger partial charge on any atom is 0.309 e. The molecule has 2 aromatic carbocycles. The molecule has 0 spiro atoms. The molecule has 0 radical (unpaired) electrons. The summed E-state index contributed by atoms with van der Waals surface area (Å²) < 4.78 is 32.9. The average Bonchev–Trinajstić information content (AvgIpc) is 2.72. The van der Waals surface area contributed by atoms with E-state index < -0.39 is 17.6 Å². The fourth-order valence-electron chi connectivity index (χ4n) is 4.30. The summed E-state index contributed by atoms with van der Waals surface area (Å²) in [5.74, 6) is -1.30. The van der Waals surface area contributed by atoms with Gasteiger partial charge in [-0.05, 0) is 71.7 Å². The van der Waals surface area contributed by atoms with Gasteiger partial charge < -0.3 is 9.84 Å². The van der Waals surface area contributed by atoms with Crippen LogP contribution >= 0.6 is 11.6 Å². The molecule has 1 aliphatic heterocycles. The van der Waals surface area contributed by atoms with Crippen LogP contribution in [0.2, 0.25) is 0 Å². The Morgan fingerprint density at radius 2 is 2.00 bits per heavy atom. The van der Waals surface area contributed by atoms with Gasteiger partial charge in [0.15, 0.2) is 0 Å². The second kappa shape index (κ2) is 9.59. The number of nitrogens with zero attached hydrogens (tertiary/aromatic N) is 1. The highest BCUT2D eigenvalue weighted by molar-refractivity contribution is 6.49. The van der Waals surface area contributed by atoms with E-state index in [0.717, 1.165) is 46.4 Å². The first-order valence-corrected chi connectivity index (χ1v) is 11.2. The number of aryl methyl sites for hydroxylation is 1. The van der Waals surface area contributed by atoms with Crippen LogP contribution in [0.4, 0.5) is 8.78 Å². The van der Waals surface area contributed by atoms with Gasteiger partial charge in [-0.25, -0.2) is 8.78 Å². The molecule has 0 bridgehead atoms. The number of rotatable bonds is 8. The molecule has 1 fully saturated rings. The van der Waals surface area contributed by atoms with Crippen LogP contribution in [-0.2, 0) is 17.6 Å². The summed E-state index contributed by atoms with van der Waals surface area (Å²) in [4.78, 5) is 13.1. The summed E-state index contributed by atoms with van der Waals surface area (Å²) >= 11 is 6.67. The van der Waals surface area contributed by atoms with Crippen LogP contribution in [0.1, 0.15) is 30.0 Å². The summed E-state index contributed by atoms with van der Waals surface area (Å²) in [6.07, 6.45) is 2.16. The van der Waals surface area contributed by atoms with Gasteiger partial charge in [0.2, 0.25) is 0 Å². The van der Waals surface area contributed by atoms with Crippen molar-refractivity contribution >= 4 is 22.6 Å². The van der Waals surface area contributed by atoms with E-state index in [0.29, 0.717) is 38.2 Å². The number of hydrogen-bond donors (Lipinski definition) is 1. The second-order valence-electron chi connectivity index (χ2n) is 8.82. The van der Waals surface area contributed by atoms with Crippen molar-refractivity contribution in [1.29, 1.82) is 0 Å². The molecule has 4 nitrogen and oxygen atoms in total. The molecule has 4 rings (SSSR count). The third-order valence-corrected chi connectivity index (χ3v) is 6.63. The first kappa shape index (κ1) is 22.7. The predicted molar refractivity (Wildman–Crippen MR) is 120 cm³/mol. The van der Waals surface area contributed by atoms with Crippen LogP contribution < -0.4 is 4.74 Å². The summed E-state index contributed by atoms with van der Waals surface area (Å²) in [7, 11) is 0. The number of benzene rings is 2. The number of aliphatic carboxylic acids is 1. The Balaban J connectivity index is 1.34. The Morgan fingerprint density at radius 1 is 1.22 bits per heavy atom. The van der Waals surface area contributed by atoms with Gasteiger partial charge in [-0.15, -0.1) is 0 Å². The normalized spacial score (nSPS) is 17.6. The van der Waals surface area contributed by atoms with Gasteiger partial charge in [0.1, 0.15) is 17.4 Å². The highest BCUT2D eigenvalue weighted by Gasteiger charge is 2.33. The van der Waals surface area contributed by atoms with Crippen molar-refractivity contribution in [2.45, 2.75) is 26.2 Å². The molecule has 170 valence electrons. The van der Waals surface area contributed by atoms with Crippen molar-refractivity contribution in [1.82, 2.24) is 4.90 Å². The monoisotopic (exact) mass is 461 g/mol. The van der Waals surface area contributed by atoms with E-state index in [1.54, 1.807) is 0 Å². The van der Waals surface area contributed by atoms with Crippen molar-refractivity contribution in [3.05, 3.63) is 70.3 Å². The topological polar surface area (TPSA) is 49.8 Å². The highest BCUT2D eigenvalue weighted by Crippen LogP contribution is 2.37. The van der Waals surface area contributed by atoms with E-state index in [1.807, 2.05) is 25.1 Å². The lowest BCUT2D eigenvalue weighted by Crippen LogP contribution is -2.50. The molecule has 32 heavy (non-hydrogen) atoms. The minimum Gasteiger partial charge on any atom is -0.493 e. The zero-order valence-corrected chi connectivity index (χ0v) is 18.7. The van der Waals surface area contributed by atoms with Crippen LogP contribution in [0, 0.1) is 23.5 Å². The van der Waals surface area contributed by atoms with Crippen molar-refractivity contribution in [3.63, 3.8) is 0 Å². The summed E-state index contributed by atoms with van der Waals surface area (Å²) in [5, 5.41) is 9.78. The maximum atomic E-state index is 13.9. The Hall–Kier alpha value is -2.44. The average molecular weight is 462 g/mol. The third kappa shape index (κ3) is 5.13. The van der Waals surface area contributed by atoms with Crippen LogP contribution in [0.15, 0.2) is 42.0 Å². The van der Waals surface area contributed by atoms with Crippen molar-refractivity contribution in [2.75, 3.05) is 26.2 Å². The van der Waals surface area contributed by atoms with Crippen molar-refractivity contribution in [3.8, 4) is 5.75 Å². The standard InChI is InChI=1S/C25H26ClF2NO3/c1-15(8-17-4-5-20(27)10-23(17)28)14-32-21-6-7-22-16(9-21)2-3-18(24(22)26)11-29-12-19(13-29)25(30)31/h4-7,9-10,15,19H,2-3,8,11-14H2,1H3,(H,30,31)/t15-/m0/s1. The van der Waals surface area contributed by atoms with Gasteiger partial charge in [-0.1, -0.05) is 24.6 Å². The first-order valence-electron chi connectivity index (χ1n) is 10.8. The van der Waals surface area contributed by atoms with Gasteiger partial charge >= 0.3 is 5.97 Å². The van der Waals surface area contributed by atoms with Crippen molar-refractivity contribution < 1.29 is 23.4 Å². The fraction of sp³-hybridized carbons (Fsp3) is 0.400. The van der Waals surface area contributed by atoms with Gasteiger partial charge in [0.05, 0.1) is 12.5 Å². The summed E-state index contributed by atoms with van der Waals surface area (Å²) in [6, 6.07) is 9.52. The molecule has 1 heterocycles. The molecule has 0 unspecified atom stereocenters. The zero-order valence-electron chi connectivity index (χ0n) is 17.9. The van der Waals surface area contributed by atoms with E-state index in [9.17, 15) is 13.6 Å². The number of hydrogen-bond acceptors (Lipinski definition) is 3. The summed E-state index contributed by atoms with van der Waals surface area (Å²) in [5.41, 5.74) is 3.75. The lowest BCUT2D eigenvalue weighted by atomic mass is 9.90. The fourth-order valence-corrected chi connectivity index (χ4v) is 4.64. The number of likely N-dealkylation sites (tertiary alicyclic amines) is 1. The van der Waals surface area contributed by atoms with Crippen LogP contribution in [-0.4, -0.2) is 42.2 Å². The Labute approximate surface area is 191 Å². The second-order valence-corrected chi connectivity index (χ2v) is 9.20. The van der Waals surface area contributed by atoms with E-state index in [-0.39, 0.29) is 11.8 Å². The molecule has 2 aromatic rings. The summed E-state index contributed by atoms with van der Waals surface area (Å²) in [6.45, 7) is 4.24. The SMILES string of the molecule is C[C@H](COc1ccc2c(c1)CCC(CN1CC(C(=O)O)C1)=C2Cl)Cc1ccc(F)cc1F. The number of fused-ring (bicyclic) bond motifs is 1. The molecule has 0 saturated carbocycles. The molecular weight excluding hydrogens is 436 g/mol.